The van der Waals surface area contributed by atoms with Gasteiger partial charge in [0.25, 0.3) is 11.8 Å². The average molecular weight is 419 g/mol. The van der Waals surface area contributed by atoms with Gasteiger partial charge in [-0.25, -0.2) is 0 Å². The molecule has 2 amide bonds. The molecule has 1 aliphatic heterocycles. The van der Waals surface area contributed by atoms with E-state index < -0.39 is 0 Å². The van der Waals surface area contributed by atoms with Crippen molar-refractivity contribution >= 4 is 34.1 Å². The molecule has 1 aliphatic rings. The molecule has 0 atom stereocenters. The van der Waals surface area contributed by atoms with Crippen molar-refractivity contribution in [3.8, 4) is 21.9 Å². The highest BCUT2D eigenvalue weighted by Gasteiger charge is 2.16. The molecule has 150 valence electrons. The SMILES string of the molecule is O=C(NNC(=O)c1c[nH]c2ccccc12)c1ccc(-c2ccc3c(c2)OCCO3)s1. The fourth-order valence-electron chi connectivity index (χ4n) is 3.31. The molecule has 0 fully saturated rings. The number of rotatable bonds is 3. The number of aromatic amines is 1. The zero-order valence-electron chi connectivity index (χ0n) is 15.7. The summed E-state index contributed by atoms with van der Waals surface area (Å²) >= 11 is 1.33. The lowest BCUT2D eigenvalue weighted by molar-refractivity contribution is 0.0850. The molecule has 4 aromatic rings. The summed E-state index contributed by atoms with van der Waals surface area (Å²) in [5.74, 6) is 0.657. The molecule has 0 spiro atoms. The number of amides is 2. The molecule has 5 rings (SSSR count). The van der Waals surface area contributed by atoms with Gasteiger partial charge in [-0.15, -0.1) is 11.3 Å². The fourth-order valence-corrected chi connectivity index (χ4v) is 4.21. The topological polar surface area (TPSA) is 92.5 Å². The third-order valence-electron chi connectivity index (χ3n) is 4.78. The van der Waals surface area contributed by atoms with Crippen molar-refractivity contribution in [2.45, 2.75) is 0 Å². The Bertz CT molecular complexity index is 1260. The van der Waals surface area contributed by atoms with Crippen molar-refractivity contribution in [2.75, 3.05) is 13.2 Å². The molecule has 2 aromatic heterocycles. The highest BCUT2D eigenvalue weighted by Crippen LogP contribution is 2.36. The number of ether oxygens (including phenoxy) is 2. The van der Waals surface area contributed by atoms with Gasteiger partial charge in [-0.05, 0) is 42.0 Å². The minimum absolute atomic E-state index is 0.378. The van der Waals surface area contributed by atoms with Gasteiger partial charge < -0.3 is 14.5 Å². The summed E-state index contributed by atoms with van der Waals surface area (Å²) in [6.07, 6.45) is 1.62. The second-order valence-corrected chi connectivity index (χ2v) is 7.76. The fraction of sp³-hybridized carbons (Fsp3) is 0.0909. The van der Waals surface area contributed by atoms with Gasteiger partial charge in [-0.2, -0.15) is 0 Å². The van der Waals surface area contributed by atoms with Gasteiger partial charge in [-0.1, -0.05) is 18.2 Å². The van der Waals surface area contributed by atoms with Gasteiger partial charge in [-0.3, -0.25) is 20.4 Å². The summed E-state index contributed by atoms with van der Waals surface area (Å²) in [6, 6.07) is 16.8. The van der Waals surface area contributed by atoms with Crippen LogP contribution in [-0.4, -0.2) is 30.0 Å². The first-order valence-corrected chi connectivity index (χ1v) is 10.2. The zero-order chi connectivity index (χ0) is 20.5. The average Bonchev–Trinajstić information content (AvgIpc) is 3.44. The monoisotopic (exact) mass is 419 g/mol. The number of H-pyrrole nitrogens is 1. The Balaban J connectivity index is 1.27. The molecular formula is C22H17N3O4S. The Hall–Kier alpha value is -3.78. The summed E-state index contributed by atoms with van der Waals surface area (Å²) in [6.45, 7) is 1.06. The second-order valence-electron chi connectivity index (χ2n) is 6.68. The number of carbonyl (C=O) groups is 2. The van der Waals surface area contributed by atoms with Gasteiger partial charge >= 0.3 is 0 Å². The first kappa shape index (κ1) is 18.3. The van der Waals surface area contributed by atoms with E-state index >= 15 is 0 Å². The Morgan fingerprint density at radius 2 is 1.70 bits per heavy atom. The summed E-state index contributed by atoms with van der Waals surface area (Å²) in [5, 5.41) is 0.793. The molecule has 0 unspecified atom stereocenters. The van der Waals surface area contributed by atoms with E-state index in [0.717, 1.165) is 27.1 Å². The zero-order valence-corrected chi connectivity index (χ0v) is 16.5. The predicted molar refractivity (Wildman–Crippen MR) is 114 cm³/mol. The highest BCUT2D eigenvalue weighted by atomic mass is 32.1. The molecule has 0 radical (unpaired) electrons. The first-order chi connectivity index (χ1) is 14.7. The Kier molecular flexibility index (Phi) is 4.61. The van der Waals surface area contributed by atoms with Crippen LogP contribution in [0.15, 0.2) is 60.8 Å². The van der Waals surface area contributed by atoms with E-state index in [2.05, 4.69) is 15.8 Å². The maximum atomic E-state index is 12.5. The molecule has 0 saturated carbocycles. The van der Waals surface area contributed by atoms with Gasteiger partial charge in [0.1, 0.15) is 13.2 Å². The molecule has 0 aliphatic carbocycles. The third-order valence-corrected chi connectivity index (χ3v) is 5.91. The number of para-hydroxylation sites is 1. The van der Waals surface area contributed by atoms with Crippen LogP contribution < -0.4 is 20.3 Å². The van der Waals surface area contributed by atoms with E-state index in [1.54, 1.807) is 12.3 Å². The van der Waals surface area contributed by atoms with Crippen LogP contribution >= 0.6 is 11.3 Å². The molecule has 2 aromatic carbocycles. The van der Waals surface area contributed by atoms with Crippen LogP contribution in [0.1, 0.15) is 20.0 Å². The predicted octanol–water partition coefficient (Wildman–Crippen LogP) is 3.74. The van der Waals surface area contributed by atoms with E-state index in [1.165, 1.54) is 11.3 Å². The smallest absolute Gasteiger partial charge is 0.279 e. The van der Waals surface area contributed by atoms with E-state index in [4.69, 9.17) is 9.47 Å². The number of hydrogen-bond donors (Lipinski definition) is 3. The van der Waals surface area contributed by atoms with Gasteiger partial charge in [0.05, 0.1) is 10.4 Å². The molecule has 3 heterocycles. The number of hydrazine groups is 1. The lowest BCUT2D eigenvalue weighted by Gasteiger charge is -2.18. The normalized spacial score (nSPS) is 12.5. The standard InChI is InChI=1S/C22H17N3O4S/c26-21(15-12-23-16-4-2-1-3-14(15)16)24-25-22(27)20-8-7-19(30-20)13-5-6-17-18(11-13)29-10-9-28-17/h1-8,11-12,23H,9-10H2,(H,24,26)(H,25,27). The molecule has 30 heavy (non-hydrogen) atoms. The van der Waals surface area contributed by atoms with Crippen LogP contribution in [0.3, 0.4) is 0 Å². The first-order valence-electron chi connectivity index (χ1n) is 9.36. The summed E-state index contributed by atoms with van der Waals surface area (Å²) in [4.78, 5) is 29.4. The molecule has 0 saturated heterocycles. The second kappa shape index (κ2) is 7.57. The van der Waals surface area contributed by atoms with Crippen molar-refractivity contribution in [1.82, 2.24) is 15.8 Å². The minimum Gasteiger partial charge on any atom is -0.486 e. The van der Waals surface area contributed by atoms with Crippen LogP contribution in [0.4, 0.5) is 0 Å². The van der Waals surface area contributed by atoms with E-state index in [0.29, 0.717) is 29.4 Å². The highest BCUT2D eigenvalue weighted by molar-refractivity contribution is 7.17. The largest absolute Gasteiger partial charge is 0.486 e. The van der Waals surface area contributed by atoms with Crippen LogP contribution in [0.5, 0.6) is 11.5 Å². The number of hydrogen-bond acceptors (Lipinski definition) is 5. The minimum atomic E-state index is -0.385. The van der Waals surface area contributed by atoms with Crippen molar-refractivity contribution in [2.24, 2.45) is 0 Å². The van der Waals surface area contributed by atoms with Gasteiger partial charge in [0, 0.05) is 22.0 Å². The molecule has 7 nitrogen and oxygen atoms in total. The molecule has 3 N–H and O–H groups in total. The third kappa shape index (κ3) is 3.37. The number of benzene rings is 2. The maximum absolute atomic E-state index is 12.5. The van der Waals surface area contributed by atoms with E-state index in [9.17, 15) is 9.59 Å². The lowest BCUT2D eigenvalue weighted by Crippen LogP contribution is -2.41. The molecule has 8 heteroatoms. The van der Waals surface area contributed by atoms with Crippen LogP contribution in [0.2, 0.25) is 0 Å². The van der Waals surface area contributed by atoms with Crippen LogP contribution in [0.25, 0.3) is 21.3 Å². The maximum Gasteiger partial charge on any atom is 0.279 e. The van der Waals surface area contributed by atoms with Crippen molar-refractivity contribution < 1.29 is 19.1 Å². The molecule has 0 bridgehead atoms. The Morgan fingerprint density at radius 1 is 0.900 bits per heavy atom. The van der Waals surface area contributed by atoms with Crippen LogP contribution in [-0.2, 0) is 0 Å². The van der Waals surface area contributed by atoms with Gasteiger partial charge in [0.2, 0.25) is 0 Å². The van der Waals surface area contributed by atoms with E-state index in [-0.39, 0.29) is 11.8 Å². The number of thiophene rings is 1. The number of aromatic nitrogens is 1. The quantitative estimate of drug-likeness (QED) is 0.441. The lowest BCUT2D eigenvalue weighted by atomic mass is 10.1. The van der Waals surface area contributed by atoms with E-state index in [1.807, 2.05) is 48.5 Å². The molecular weight excluding hydrogens is 402 g/mol. The Morgan fingerprint density at radius 3 is 2.60 bits per heavy atom. The van der Waals surface area contributed by atoms with Crippen molar-refractivity contribution in [3.63, 3.8) is 0 Å². The summed E-state index contributed by atoms with van der Waals surface area (Å²) < 4.78 is 11.2. The number of nitrogens with one attached hydrogen (secondary N) is 3. The van der Waals surface area contributed by atoms with Crippen molar-refractivity contribution in [3.05, 3.63) is 71.2 Å². The number of fused-ring (bicyclic) bond motifs is 2. The number of carbonyl (C=O) groups excluding carboxylic acids is 2. The summed E-state index contributed by atoms with van der Waals surface area (Å²) in [5.41, 5.74) is 7.22. The van der Waals surface area contributed by atoms with Crippen molar-refractivity contribution in [1.29, 1.82) is 0 Å². The van der Waals surface area contributed by atoms with Crippen LogP contribution in [0, 0.1) is 0 Å². The summed E-state index contributed by atoms with van der Waals surface area (Å²) in [7, 11) is 0. The Labute approximate surface area is 175 Å². The van der Waals surface area contributed by atoms with Gasteiger partial charge in [0.15, 0.2) is 11.5 Å².